The number of hydrogen-bond acceptors (Lipinski definition) is 4. The van der Waals surface area contributed by atoms with E-state index in [-0.39, 0.29) is 17.5 Å². The van der Waals surface area contributed by atoms with Crippen LogP contribution in [0.4, 0.5) is 23.0 Å². The molecule has 0 aliphatic carbocycles. The van der Waals surface area contributed by atoms with Gasteiger partial charge in [-0.15, -0.1) is 6.58 Å². The Bertz CT molecular complexity index is 1110. The van der Waals surface area contributed by atoms with Crippen LogP contribution in [0.2, 0.25) is 0 Å². The fourth-order valence-electron chi connectivity index (χ4n) is 4.83. The molecule has 0 bridgehead atoms. The Morgan fingerprint density at radius 2 is 1.48 bits per heavy atom. The van der Waals surface area contributed by atoms with Crippen LogP contribution < -0.4 is 9.80 Å². The van der Waals surface area contributed by atoms with E-state index in [1.54, 1.807) is 0 Å². The summed E-state index contributed by atoms with van der Waals surface area (Å²) >= 11 is 0. The van der Waals surface area contributed by atoms with Crippen LogP contribution in [0, 0.1) is 19.8 Å². The number of anilines is 4. The van der Waals surface area contributed by atoms with E-state index in [0.29, 0.717) is 0 Å². The molecule has 3 atom stereocenters. The molecule has 0 saturated heterocycles. The molecule has 3 aromatic rings. The van der Waals surface area contributed by atoms with E-state index in [1.165, 1.54) is 11.3 Å². The van der Waals surface area contributed by atoms with Gasteiger partial charge in [-0.05, 0) is 37.6 Å². The van der Waals surface area contributed by atoms with Crippen molar-refractivity contribution in [3.05, 3.63) is 84.2 Å². The van der Waals surface area contributed by atoms with Crippen LogP contribution in [0.5, 0.6) is 0 Å². The zero-order chi connectivity index (χ0) is 20.3. The predicted octanol–water partition coefficient (Wildman–Crippen LogP) is 5.80. The lowest BCUT2D eigenvalue weighted by Gasteiger charge is -2.49. The minimum Gasteiger partial charge on any atom is -0.302 e. The molecule has 0 radical (unpaired) electrons. The van der Waals surface area contributed by atoms with Crippen LogP contribution in [0.25, 0.3) is 0 Å². The molecule has 4 nitrogen and oxygen atoms in total. The molecule has 146 valence electrons. The second-order valence-electron chi connectivity index (χ2n) is 8.32. The maximum Gasteiger partial charge on any atom is 0.178 e. The molecule has 0 fully saturated rings. The minimum atomic E-state index is -0.156. The first-order valence-electron chi connectivity index (χ1n) is 10.2. The smallest absolute Gasteiger partial charge is 0.178 e. The lowest BCUT2D eigenvalue weighted by Crippen LogP contribution is -2.54. The molecule has 3 unspecified atom stereocenters. The number of para-hydroxylation sites is 2. The summed E-state index contributed by atoms with van der Waals surface area (Å²) in [7, 11) is 0. The lowest BCUT2D eigenvalue weighted by molar-refractivity contribution is 0.312. The third-order valence-electron chi connectivity index (χ3n) is 6.85. The fourth-order valence-corrected chi connectivity index (χ4v) is 4.83. The highest BCUT2D eigenvalue weighted by molar-refractivity contribution is 5.86. The summed E-state index contributed by atoms with van der Waals surface area (Å²) in [5.41, 5.74) is 5.40. The Morgan fingerprint density at radius 1 is 0.897 bits per heavy atom. The maximum atomic E-state index is 5.02. The molecule has 2 aromatic carbocycles. The monoisotopic (exact) mass is 382 g/mol. The molecule has 1 aromatic heterocycles. The quantitative estimate of drug-likeness (QED) is 0.524. The van der Waals surface area contributed by atoms with E-state index in [2.05, 4.69) is 90.9 Å². The van der Waals surface area contributed by atoms with Crippen molar-refractivity contribution in [1.29, 1.82) is 0 Å². The first kappa shape index (κ1) is 17.9. The molecule has 0 amide bonds. The van der Waals surface area contributed by atoms with Crippen molar-refractivity contribution < 1.29 is 0 Å². The van der Waals surface area contributed by atoms with Gasteiger partial charge in [0.05, 0.1) is 11.4 Å². The summed E-state index contributed by atoms with van der Waals surface area (Å²) in [5, 5.41) is 0. The van der Waals surface area contributed by atoms with Crippen molar-refractivity contribution in [1.82, 2.24) is 9.97 Å². The second-order valence-corrected chi connectivity index (χ2v) is 8.32. The predicted molar refractivity (Wildman–Crippen MR) is 119 cm³/mol. The van der Waals surface area contributed by atoms with Gasteiger partial charge in [0.15, 0.2) is 11.6 Å². The van der Waals surface area contributed by atoms with Crippen molar-refractivity contribution in [2.24, 2.45) is 5.92 Å². The van der Waals surface area contributed by atoms with E-state index < -0.39 is 0 Å². The van der Waals surface area contributed by atoms with Crippen molar-refractivity contribution in [2.45, 2.75) is 39.3 Å². The van der Waals surface area contributed by atoms with Crippen LogP contribution in [-0.2, 0) is 5.41 Å². The van der Waals surface area contributed by atoms with E-state index in [1.807, 2.05) is 13.8 Å². The summed E-state index contributed by atoms with van der Waals surface area (Å²) < 4.78 is 0. The van der Waals surface area contributed by atoms with Gasteiger partial charge in [-0.2, -0.15) is 0 Å². The number of hydrogen-bond donors (Lipinski definition) is 0. The Kier molecular flexibility index (Phi) is 3.82. The van der Waals surface area contributed by atoms with Crippen LogP contribution in [0.3, 0.4) is 0 Å². The second kappa shape index (κ2) is 6.18. The first-order valence-corrected chi connectivity index (χ1v) is 10.2. The van der Waals surface area contributed by atoms with Crippen molar-refractivity contribution >= 4 is 23.0 Å². The highest BCUT2D eigenvalue weighted by atomic mass is 15.5. The topological polar surface area (TPSA) is 32.3 Å². The number of aromatic nitrogens is 2. The Labute approximate surface area is 172 Å². The third kappa shape index (κ3) is 2.32. The highest BCUT2D eigenvalue weighted by Crippen LogP contribution is 2.56. The van der Waals surface area contributed by atoms with Crippen LogP contribution >= 0.6 is 0 Å². The van der Waals surface area contributed by atoms with E-state index in [9.17, 15) is 0 Å². The Morgan fingerprint density at radius 3 is 2.14 bits per heavy atom. The van der Waals surface area contributed by atoms with E-state index >= 15 is 0 Å². The number of allylic oxidation sites excluding steroid dienone is 1. The average Bonchev–Trinajstić information content (AvgIpc) is 3.07. The van der Waals surface area contributed by atoms with Gasteiger partial charge in [-0.1, -0.05) is 56.3 Å². The van der Waals surface area contributed by atoms with Gasteiger partial charge in [-0.25, -0.2) is 9.97 Å². The first-order chi connectivity index (χ1) is 14.0. The van der Waals surface area contributed by atoms with Gasteiger partial charge in [-0.3, -0.25) is 0 Å². The highest BCUT2D eigenvalue weighted by Gasteiger charge is 2.53. The molecule has 29 heavy (non-hydrogen) atoms. The summed E-state index contributed by atoms with van der Waals surface area (Å²) in [6.07, 6.45) is 2.18. The van der Waals surface area contributed by atoms with Crippen molar-refractivity contribution in [3.63, 3.8) is 0 Å². The number of aryl methyl sites for hydroxylation is 2. The molecule has 0 saturated carbocycles. The zero-order valence-corrected chi connectivity index (χ0v) is 17.4. The standard InChI is InChI=1S/C25H26N4/c1-6-25(5)16(2)24-28(19-12-8-7-9-13-19)22-23(27-18(4)17(3)26-22)29(24)21-15-11-10-14-20(21)25/h6-16,24H,1H2,2-5H3. The normalized spacial score (nSPS) is 24.7. The summed E-state index contributed by atoms with van der Waals surface area (Å²) in [6, 6.07) is 19.2. The Hall–Kier alpha value is -3.14. The number of fused-ring (bicyclic) bond motifs is 5. The summed E-state index contributed by atoms with van der Waals surface area (Å²) in [6.45, 7) is 12.9. The van der Waals surface area contributed by atoms with Crippen molar-refractivity contribution in [2.75, 3.05) is 9.80 Å². The largest absolute Gasteiger partial charge is 0.302 e. The molecular weight excluding hydrogens is 356 g/mol. The van der Waals surface area contributed by atoms with E-state index in [0.717, 1.165) is 28.7 Å². The SMILES string of the molecule is C=CC1(C)c2ccccc2N2c3nc(C)c(C)nc3N(c3ccccc3)C2C1C. The Balaban J connectivity index is 1.84. The van der Waals surface area contributed by atoms with Gasteiger partial charge in [0, 0.05) is 22.7 Å². The number of benzene rings is 2. The maximum absolute atomic E-state index is 5.02. The lowest BCUT2D eigenvalue weighted by atomic mass is 9.68. The van der Waals surface area contributed by atoms with Gasteiger partial charge in [0.2, 0.25) is 0 Å². The van der Waals surface area contributed by atoms with Crippen LogP contribution in [0.15, 0.2) is 67.3 Å². The van der Waals surface area contributed by atoms with Gasteiger partial charge >= 0.3 is 0 Å². The van der Waals surface area contributed by atoms with Crippen molar-refractivity contribution in [3.8, 4) is 0 Å². The average molecular weight is 383 g/mol. The summed E-state index contributed by atoms with van der Waals surface area (Å²) in [5.74, 6) is 2.14. The molecule has 0 N–H and O–H groups in total. The third-order valence-corrected chi connectivity index (χ3v) is 6.85. The molecule has 2 aliphatic rings. The van der Waals surface area contributed by atoms with Crippen LogP contribution in [0.1, 0.15) is 30.8 Å². The molecular formula is C25H26N4. The van der Waals surface area contributed by atoms with Gasteiger partial charge in [0.1, 0.15) is 6.17 Å². The molecule has 4 heteroatoms. The zero-order valence-electron chi connectivity index (χ0n) is 17.4. The number of nitrogens with zero attached hydrogens (tertiary/aromatic N) is 4. The summed E-state index contributed by atoms with van der Waals surface area (Å²) in [4.78, 5) is 14.8. The van der Waals surface area contributed by atoms with E-state index in [4.69, 9.17) is 9.97 Å². The molecule has 3 heterocycles. The molecule has 2 aliphatic heterocycles. The minimum absolute atomic E-state index is 0.0755. The molecule has 0 spiro atoms. The fraction of sp³-hybridized carbons (Fsp3) is 0.280. The molecule has 5 rings (SSSR count). The van der Waals surface area contributed by atoms with Crippen LogP contribution in [-0.4, -0.2) is 16.1 Å². The van der Waals surface area contributed by atoms with Gasteiger partial charge in [0.25, 0.3) is 0 Å². The number of rotatable bonds is 2. The van der Waals surface area contributed by atoms with Gasteiger partial charge < -0.3 is 9.80 Å².